The molecule has 0 unspecified atom stereocenters. The Morgan fingerprint density at radius 3 is 2.16 bits per heavy atom. The van der Waals surface area contributed by atoms with Crippen molar-refractivity contribution in [2.75, 3.05) is 28.4 Å². The van der Waals surface area contributed by atoms with Gasteiger partial charge in [0.25, 0.3) is 0 Å². The number of methoxy groups -OCH3 is 4. The zero-order valence-electron chi connectivity index (χ0n) is 14.5. The van der Waals surface area contributed by atoms with E-state index in [9.17, 15) is 9.90 Å². The van der Waals surface area contributed by atoms with Gasteiger partial charge in [-0.1, -0.05) is 0 Å². The third-order valence-corrected chi connectivity index (χ3v) is 3.61. The Labute approximate surface area is 146 Å². The van der Waals surface area contributed by atoms with Crippen molar-refractivity contribution in [2.24, 2.45) is 0 Å². The molecule has 132 valence electrons. The lowest BCUT2D eigenvalue weighted by Gasteiger charge is -2.10. The molecule has 2 aromatic rings. The van der Waals surface area contributed by atoms with Crippen LogP contribution in [0.1, 0.15) is 15.9 Å². The average molecular weight is 344 g/mol. The normalized spacial score (nSPS) is 10.6. The van der Waals surface area contributed by atoms with E-state index >= 15 is 0 Å². The Balaban J connectivity index is 2.39. The summed E-state index contributed by atoms with van der Waals surface area (Å²) >= 11 is 0. The number of rotatable bonds is 7. The first kappa shape index (κ1) is 18.2. The maximum absolute atomic E-state index is 12.5. The standard InChI is InChI=1S/C19H20O6/c1-22-13-6-8-17(24-3)12(9-13)5-7-15(20)19-16(21)10-14(23-2)11-18(19)25-4/h5-11,21H,1-4H3. The monoisotopic (exact) mass is 344 g/mol. The predicted octanol–water partition coefficient (Wildman–Crippen LogP) is 3.32. The van der Waals surface area contributed by atoms with Crippen molar-refractivity contribution in [1.29, 1.82) is 0 Å². The summed E-state index contributed by atoms with van der Waals surface area (Å²) in [5.41, 5.74) is 0.726. The van der Waals surface area contributed by atoms with Crippen LogP contribution in [0.3, 0.4) is 0 Å². The second-order valence-electron chi connectivity index (χ2n) is 5.03. The van der Waals surface area contributed by atoms with Crippen molar-refractivity contribution in [2.45, 2.75) is 0 Å². The molecule has 0 radical (unpaired) electrons. The average Bonchev–Trinajstić information content (AvgIpc) is 2.64. The van der Waals surface area contributed by atoms with Gasteiger partial charge in [-0.25, -0.2) is 0 Å². The van der Waals surface area contributed by atoms with Gasteiger partial charge in [-0.15, -0.1) is 0 Å². The molecule has 0 aromatic heterocycles. The summed E-state index contributed by atoms with van der Waals surface area (Å²) in [4.78, 5) is 12.5. The van der Waals surface area contributed by atoms with E-state index in [1.54, 1.807) is 38.5 Å². The molecule has 0 aliphatic heterocycles. The van der Waals surface area contributed by atoms with Gasteiger partial charge in [-0.05, 0) is 30.4 Å². The van der Waals surface area contributed by atoms with Crippen molar-refractivity contribution >= 4 is 11.9 Å². The fourth-order valence-corrected chi connectivity index (χ4v) is 2.32. The van der Waals surface area contributed by atoms with Crippen LogP contribution in [0, 0.1) is 0 Å². The van der Waals surface area contributed by atoms with E-state index in [4.69, 9.17) is 18.9 Å². The van der Waals surface area contributed by atoms with E-state index in [1.807, 2.05) is 0 Å². The molecule has 1 N–H and O–H groups in total. The first-order valence-electron chi connectivity index (χ1n) is 7.43. The van der Waals surface area contributed by atoms with Crippen molar-refractivity contribution in [3.05, 3.63) is 47.5 Å². The highest BCUT2D eigenvalue weighted by molar-refractivity contribution is 6.10. The van der Waals surface area contributed by atoms with E-state index in [0.29, 0.717) is 22.8 Å². The molecule has 0 aliphatic rings. The van der Waals surface area contributed by atoms with Crippen LogP contribution in [0.4, 0.5) is 0 Å². The molecule has 0 atom stereocenters. The highest BCUT2D eigenvalue weighted by atomic mass is 16.5. The molecule has 0 amide bonds. The Kier molecular flexibility index (Phi) is 5.89. The molecule has 0 spiro atoms. The van der Waals surface area contributed by atoms with Crippen LogP contribution < -0.4 is 18.9 Å². The number of carbonyl (C=O) groups is 1. The summed E-state index contributed by atoms with van der Waals surface area (Å²) < 4.78 is 20.7. The summed E-state index contributed by atoms with van der Waals surface area (Å²) in [5, 5.41) is 10.1. The van der Waals surface area contributed by atoms with E-state index in [0.717, 1.165) is 0 Å². The van der Waals surface area contributed by atoms with Gasteiger partial charge in [-0.2, -0.15) is 0 Å². The Morgan fingerprint density at radius 1 is 0.880 bits per heavy atom. The fraction of sp³-hybridized carbons (Fsp3) is 0.211. The SMILES string of the molecule is COc1ccc(OC)c(C=CC(=O)c2c(O)cc(OC)cc2OC)c1. The summed E-state index contributed by atoms with van der Waals surface area (Å²) in [6, 6.07) is 8.14. The van der Waals surface area contributed by atoms with Crippen LogP contribution in [0.15, 0.2) is 36.4 Å². The number of allylic oxidation sites excluding steroid dienone is 1. The van der Waals surface area contributed by atoms with Crippen molar-refractivity contribution in [3.8, 4) is 28.7 Å². The second-order valence-corrected chi connectivity index (χ2v) is 5.03. The molecule has 0 saturated heterocycles. The van der Waals surface area contributed by atoms with Crippen LogP contribution in [0.25, 0.3) is 6.08 Å². The number of aromatic hydroxyl groups is 1. The molecule has 6 heteroatoms. The largest absolute Gasteiger partial charge is 0.507 e. The lowest BCUT2D eigenvalue weighted by Crippen LogP contribution is -2.00. The van der Waals surface area contributed by atoms with Crippen molar-refractivity contribution in [3.63, 3.8) is 0 Å². The second kappa shape index (κ2) is 8.10. The molecule has 6 nitrogen and oxygen atoms in total. The van der Waals surface area contributed by atoms with Gasteiger partial charge in [0.05, 0.1) is 28.4 Å². The molecule has 0 fully saturated rings. The molecule has 0 aliphatic carbocycles. The van der Waals surface area contributed by atoms with Gasteiger partial charge in [0.2, 0.25) is 0 Å². The number of hydrogen-bond acceptors (Lipinski definition) is 6. The number of benzene rings is 2. The van der Waals surface area contributed by atoms with Crippen LogP contribution >= 0.6 is 0 Å². The molecule has 2 rings (SSSR count). The minimum absolute atomic E-state index is 0.0569. The number of hydrogen-bond donors (Lipinski definition) is 1. The molecule has 0 heterocycles. The number of ether oxygens (including phenoxy) is 4. The van der Waals surface area contributed by atoms with E-state index in [2.05, 4.69) is 0 Å². The predicted molar refractivity (Wildman–Crippen MR) is 94.1 cm³/mol. The summed E-state index contributed by atoms with van der Waals surface area (Å²) in [6.45, 7) is 0. The molecule has 25 heavy (non-hydrogen) atoms. The Bertz CT molecular complexity index is 795. The minimum atomic E-state index is -0.415. The molecule has 0 saturated carbocycles. The highest BCUT2D eigenvalue weighted by Crippen LogP contribution is 2.34. The summed E-state index contributed by atoms with van der Waals surface area (Å²) in [5.74, 6) is 1.22. The maximum Gasteiger partial charge on any atom is 0.193 e. The van der Waals surface area contributed by atoms with Gasteiger partial charge in [0, 0.05) is 17.7 Å². The first-order valence-corrected chi connectivity index (χ1v) is 7.43. The zero-order chi connectivity index (χ0) is 18.4. The van der Waals surface area contributed by atoms with Gasteiger partial charge in [0.15, 0.2) is 5.78 Å². The highest BCUT2D eigenvalue weighted by Gasteiger charge is 2.17. The summed E-state index contributed by atoms with van der Waals surface area (Å²) in [6.07, 6.45) is 2.92. The smallest absolute Gasteiger partial charge is 0.193 e. The van der Waals surface area contributed by atoms with Crippen LogP contribution in [-0.4, -0.2) is 39.3 Å². The van der Waals surface area contributed by atoms with Gasteiger partial charge >= 0.3 is 0 Å². The Hall–Kier alpha value is -3.15. The van der Waals surface area contributed by atoms with Gasteiger partial charge in [0.1, 0.15) is 34.3 Å². The van der Waals surface area contributed by atoms with E-state index in [-0.39, 0.29) is 17.1 Å². The van der Waals surface area contributed by atoms with Crippen LogP contribution in [0.2, 0.25) is 0 Å². The van der Waals surface area contributed by atoms with Gasteiger partial charge in [-0.3, -0.25) is 4.79 Å². The third-order valence-electron chi connectivity index (χ3n) is 3.61. The Morgan fingerprint density at radius 2 is 1.56 bits per heavy atom. The van der Waals surface area contributed by atoms with Crippen molar-refractivity contribution in [1.82, 2.24) is 0 Å². The molecular formula is C19H20O6. The molecule has 0 bridgehead atoms. The number of phenols is 1. The van der Waals surface area contributed by atoms with Gasteiger partial charge < -0.3 is 24.1 Å². The topological polar surface area (TPSA) is 74.2 Å². The number of ketones is 1. The molecule has 2 aromatic carbocycles. The van der Waals surface area contributed by atoms with Crippen LogP contribution in [0.5, 0.6) is 28.7 Å². The van der Waals surface area contributed by atoms with E-state index in [1.165, 1.54) is 32.4 Å². The quantitative estimate of drug-likeness (QED) is 0.613. The zero-order valence-corrected chi connectivity index (χ0v) is 14.5. The summed E-state index contributed by atoms with van der Waals surface area (Å²) in [7, 11) is 5.98. The maximum atomic E-state index is 12.5. The van der Waals surface area contributed by atoms with Crippen LogP contribution in [-0.2, 0) is 0 Å². The van der Waals surface area contributed by atoms with E-state index < -0.39 is 5.78 Å². The minimum Gasteiger partial charge on any atom is -0.507 e. The fourth-order valence-electron chi connectivity index (χ4n) is 2.32. The lowest BCUT2D eigenvalue weighted by atomic mass is 10.1. The number of carbonyl (C=O) groups excluding carboxylic acids is 1. The third kappa shape index (κ3) is 4.03. The molecular weight excluding hydrogens is 324 g/mol. The lowest BCUT2D eigenvalue weighted by molar-refractivity contribution is 0.104. The first-order chi connectivity index (χ1) is 12.0. The number of phenolic OH excluding ortho intramolecular Hbond substituents is 1. The van der Waals surface area contributed by atoms with Crippen molar-refractivity contribution < 1.29 is 28.8 Å².